The van der Waals surface area contributed by atoms with Crippen LogP contribution in [0.4, 0.5) is 5.69 Å². The van der Waals surface area contributed by atoms with Crippen LogP contribution in [0, 0.1) is 10.1 Å². The monoisotopic (exact) mass is 287 g/mol. The minimum atomic E-state index is -3.72. The first-order chi connectivity index (χ1) is 8.82. The third kappa shape index (κ3) is 3.07. The molecule has 0 unspecified atom stereocenters. The van der Waals surface area contributed by atoms with Crippen molar-refractivity contribution in [2.24, 2.45) is 5.73 Å². The lowest BCUT2D eigenvalue weighted by Crippen LogP contribution is -2.63. The quantitative estimate of drug-likeness (QED) is 0.561. The highest BCUT2D eigenvalue weighted by molar-refractivity contribution is 7.89. The largest absolute Gasteiger partial charge is 0.377 e. The Morgan fingerprint density at radius 3 is 2.37 bits per heavy atom. The van der Waals surface area contributed by atoms with E-state index >= 15 is 0 Å². The van der Waals surface area contributed by atoms with E-state index in [-0.39, 0.29) is 17.1 Å². The number of ether oxygens (including phenoxy) is 1. The third-order valence-corrected chi connectivity index (χ3v) is 4.17. The maximum absolute atomic E-state index is 11.9. The molecule has 1 aromatic rings. The van der Waals surface area contributed by atoms with Crippen molar-refractivity contribution in [3.63, 3.8) is 0 Å². The van der Waals surface area contributed by atoms with Crippen LogP contribution < -0.4 is 10.5 Å². The highest BCUT2D eigenvalue weighted by Crippen LogP contribution is 2.17. The van der Waals surface area contributed by atoms with E-state index in [1.54, 1.807) is 0 Å². The molecule has 2 rings (SSSR count). The first-order valence-corrected chi connectivity index (χ1v) is 6.92. The van der Waals surface area contributed by atoms with Crippen molar-refractivity contribution in [2.45, 2.75) is 10.4 Å². The maximum atomic E-state index is 11.9. The maximum Gasteiger partial charge on any atom is 0.269 e. The van der Waals surface area contributed by atoms with E-state index in [0.29, 0.717) is 13.2 Å². The van der Waals surface area contributed by atoms with Gasteiger partial charge in [0.05, 0.1) is 28.6 Å². The molecule has 0 aromatic heterocycles. The first-order valence-electron chi connectivity index (χ1n) is 5.43. The lowest BCUT2D eigenvalue weighted by Gasteiger charge is -2.37. The summed E-state index contributed by atoms with van der Waals surface area (Å²) >= 11 is 0. The molecule has 1 aromatic carbocycles. The van der Waals surface area contributed by atoms with E-state index in [4.69, 9.17) is 10.5 Å². The average Bonchev–Trinajstić information content (AvgIpc) is 2.34. The van der Waals surface area contributed by atoms with Crippen LogP contribution in [0.15, 0.2) is 29.2 Å². The smallest absolute Gasteiger partial charge is 0.269 e. The van der Waals surface area contributed by atoms with Gasteiger partial charge in [0.15, 0.2) is 0 Å². The van der Waals surface area contributed by atoms with Crippen molar-refractivity contribution in [1.29, 1.82) is 0 Å². The minimum absolute atomic E-state index is 0.0399. The topological polar surface area (TPSA) is 125 Å². The van der Waals surface area contributed by atoms with Gasteiger partial charge >= 0.3 is 0 Å². The molecule has 8 nitrogen and oxygen atoms in total. The van der Waals surface area contributed by atoms with E-state index in [2.05, 4.69) is 4.72 Å². The molecule has 1 aliphatic rings. The Bertz CT molecular complexity index is 580. The zero-order valence-electron chi connectivity index (χ0n) is 9.90. The second-order valence-electron chi connectivity index (χ2n) is 4.43. The van der Waals surface area contributed by atoms with E-state index in [0.717, 1.165) is 12.1 Å². The van der Waals surface area contributed by atoms with Gasteiger partial charge in [-0.05, 0) is 12.1 Å². The van der Waals surface area contributed by atoms with E-state index < -0.39 is 20.5 Å². The van der Waals surface area contributed by atoms with Gasteiger partial charge < -0.3 is 10.5 Å². The predicted molar refractivity (Wildman–Crippen MR) is 66.0 cm³/mol. The van der Waals surface area contributed by atoms with E-state index in [9.17, 15) is 18.5 Å². The van der Waals surface area contributed by atoms with Crippen LogP contribution in [0.5, 0.6) is 0 Å². The summed E-state index contributed by atoms with van der Waals surface area (Å²) in [5.41, 5.74) is 4.97. The van der Waals surface area contributed by atoms with E-state index in [1.165, 1.54) is 12.1 Å². The number of nitro groups is 1. The number of hydrogen-bond acceptors (Lipinski definition) is 6. The van der Waals surface area contributed by atoms with Crippen LogP contribution in [-0.2, 0) is 14.8 Å². The molecule has 1 aliphatic heterocycles. The predicted octanol–water partition coefficient (Wildman–Crippen LogP) is -0.399. The number of nitrogens with one attached hydrogen (secondary N) is 1. The van der Waals surface area contributed by atoms with Gasteiger partial charge in [-0.1, -0.05) is 0 Å². The summed E-state index contributed by atoms with van der Waals surface area (Å²) < 4.78 is 31.1. The van der Waals surface area contributed by atoms with Crippen LogP contribution in [0.3, 0.4) is 0 Å². The minimum Gasteiger partial charge on any atom is -0.377 e. The second kappa shape index (κ2) is 4.85. The molecule has 1 saturated heterocycles. The fourth-order valence-corrected chi connectivity index (χ4v) is 2.67. The van der Waals surface area contributed by atoms with Crippen molar-refractivity contribution in [3.05, 3.63) is 34.4 Å². The second-order valence-corrected chi connectivity index (χ2v) is 6.20. The van der Waals surface area contributed by atoms with Crippen molar-refractivity contribution in [3.8, 4) is 0 Å². The third-order valence-electron chi connectivity index (χ3n) is 2.75. The normalized spacial score (nSPS) is 17.7. The summed E-state index contributed by atoms with van der Waals surface area (Å²) in [6, 6.07) is 4.64. The molecule has 0 bridgehead atoms. The Hall–Kier alpha value is -1.55. The molecule has 9 heteroatoms. The number of benzene rings is 1. The van der Waals surface area contributed by atoms with Crippen molar-refractivity contribution >= 4 is 15.7 Å². The summed E-state index contributed by atoms with van der Waals surface area (Å²) in [7, 11) is -3.72. The molecule has 3 N–H and O–H groups in total. The van der Waals surface area contributed by atoms with Gasteiger partial charge in [0, 0.05) is 18.7 Å². The molecule has 1 heterocycles. The summed E-state index contributed by atoms with van der Waals surface area (Å²) in [6.45, 7) is 0.665. The zero-order chi connectivity index (χ0) is 14.1. The number of nitro benzene ring substituents is 1. The highest BCUT2D eigenvalue weighted by Gasteiger charge is 2.35. The number of hydrogen-bond donors (Lipinski definition) is 2. The molecule has 19 heavy (non-hydrogen) atoms. The molecular weight excluding hydrogens is 274 g/mol. The fourth-order valence-electron chi connectivity index (χ4n) is 1.54. The number of nitrogens with two attached hydrogens (primary N) is 1. The Labute approximate surface area is 109 Å². The molecule has 0 spiro atoms. The number of sulfonamides is 1. The molecular formula is C10H13N3O5S. The Morgan fingerprint density at radius 1 is 1.37 bits per heavy atom. The van der Waals surface area contributed by atoms with Gasteiger partial charge in [0.25, 0.3) is 5.69 Å². The van der Waals surface area contributed by atoms with Crippen LogP contribution in [-0.4, -0.2) is 38.6 Å². The van der Waals surface area contributed by atoms with Crippen LogP contribution in [0.25, 0.3) is 0 Å². The van der Waals surface area contributed by atoms with Crippen molar-refractivity contribution in [1.82, 2.24) is 4.72 Å². The van der Waals surface area contributed by atoms with Gasteiger partial charge in [-0.15, -0.1) is 0 Å². The average molecular weight is 287 g/mol. The molecule has 0 aliphatic carbocycles. The van der Waals surface area contributed by atoms with Gasteiger partial charge in [0.2, 0.25) is 10.0 Å². The van der Waals surface area contributed by atoms with E-state index in [1.807, 2.05) is 0 Å². The lowest BCUT2D eigenvalue weighted by molar-refractivity contribution is -0.384. The number of nitrogens with zero attached hydrogens (tertiary/aromatic N) is 1. The van der Waals surface area contributed by atoms with Crippen LogP contribution in [0.2, 0.25) is 0 Å². The highest BCUT2D eigenvalue weighted by atomic mass is 32.2. The summed E-state index contributed by atoms with van der Waals surface area (Å²) in [6.07, 6.45) is 0. The Morgan fingerprint density at radius 2 is 1.95 bits per heavy atom. The van der Waals surface area contributed by atoms with Crippen molar-refractivity contribution < 1.29 is 18.1 Å². The zero-order valence-corrected chi connectivity index (χ0v) is 10.7. The summed E-state index contributed by atoms with van der Waals surface area (Å²) in [5.74, 6) is 0. The number of rotatable bonds is 5. The lowest BCUT2D eigenvalue weighted by atomic mass is 10.0. The SMILES string of the molecule is NC1(CNS(=O)(=O)c2ccc([N+](=O)[O-])cc2)COC1. The van der Waals surface area contributed by atoms with Gasteiger partial charge in [-0.2, -0.15) is 0 Å². The number of non-ortho nitro benzene ring substituents is 1. The Balaban J connectivity index is 2.08. The fraction of sp³-hybridized carbons (Fsp3) is 0.400. The van der Waals surface area contributed by atoms with Crippen LogP contribution in [0.1, 0.15) is 0 Å². The summed E-state index contributed by atoms with van der Waals surface area (Å²) in [5, 5.41) is 10.5. The molecule has 0 amide bonds. The van der Waals surface area contributed by atoms with Crippen LogP contribution >= 0.6 is 0 Å². The molecule has 0 saturated carbocycles. The van der Waals surface area contributed by atoms with Gasteiger partial charge in [-0.3, -0.25) is 10.1 Å². The van der Waals surface area contributed by atoms with Gasteiger partial charge in [-0.25, -0.2) is 13.1 Å². The van der Waals surface area contributed by atoms with Gasteiger partial charge in [0.1, 0.15) is 0 Å². The molecule has 0 atom stereocenters. The molecule has 0 radical (unpaired) electrons. The molecule has 104 valence electrons. The standard InChI is InChI=1S/C10H13N3O5S/c11-10(6-18-7-10)5-12-19(16,17)9-3-1-8(2-4-9)13(14)15/h1-4,12H,5-7,11H2. The summed E-state index contributed by atoms with van der Waals surface area (Å²) in [4.78, 5) is 9.84. The van der Waals surface area contributed by atoms with Crippen molar-refractivity contribution in [2.75, 3.05) is 19.8 Å². The Kier molecular flexibility index (Phi) is 3.54. The molecule has 1 fully saturated rings. The first kappa shape index (κ1) is 13.9.